The van der Waals surface area contributed by atoms with Crippen molar-refractivity contribution in [3.05, 3.63) is 84.4 Å². The van der Waals surface area contributed by atoms with Gasteiger partial charge in [-0.3, -0.25) is 9.59 Å². The van der Waals surface area contributed by atoms with Crippen LogP contribution in [0.25, 0.3) is 11.1 Å². The molecule has 3 aromatic carbocycles. The van der Waals surface area contributed by atoms with Crippen LogP contribution in [-0.2, 0) is 4.79 Å². The van der Waals surface area contributed by atoms with Crippen LogP contribution in [0.4, 0.5) is 0 Å². The smallest absolute Gasteiger partial charge is 0.308 e. The van der Waals surface area contributed by atoms with E-state index in [4.69, 9.17) is 9.47 Å². The van der Waals surface area contributed by atoms with Gasteiger partial charge in [-0.1, -0.05) is 48.5 Å². The van der Waals surface area contributed by atoms with Crippen molar-refractivity contribution in [2.75, 3.05) is 6.61 Å². The number of hydrogen-bond donors (Lipinski definition) is 0. The number of ketones is 1. The van der Waals surface area contributed by atoms with Gasteiger partial charge >= 0.3 is 5.97 Å². The zero-order valence-electron chi connectivity index (χ0n) is 14.3. The molecular weight excluding hydrogens is 328 g/mol. The molecule has 0 radical (unpaired) electrons. The summed E-state index contributed by atoms with van der Waals surface area (Å²) in [6.07, 6.45) is 0. The third-order valence-electron chi connectivity index (χ3n) is 3.77. The molecule has 0 saturated carbocycles. The second-order valence-corrected chi connectivity index (χ2v) is 5.69. The van der Waals surface area contributed by atoms with E-state index in [2.05, 4.69) is 0 Å². The predicted molar refractivity (Wildman–Crippen MR) is 99.5 cm³/mol. The van der Waals surface area contributed by atoms with E-state index in [0.717, 1.165) is 11.1 Å². The largest absolute Gasteiger partial charge is 0.485 e. The third kappa shape index (κ3) is 4.36. The van der Waals surface area contributed by atoms with Gasteiger partial charge in [0.05, 0.1) is 0 Å². The summed E-state index contributed by atoms with van der Waals surface area (Å²) in [4.78, 5) is 23.3. The summed E-state index contributed by atoms with van der Waals surface area (Å²) in [5, 5.41) is 0. The van der Waals surface area contributed by atoms with Gasteiger partial charge in [0.15, 0.2) is 12.4 Å². The highest BCUT2D eigenvalue weighted by atomic mass is 16.5. The summed E-state index contributed by atoms with van der Waals surface area (Å²) in [7, 11) is 0. The molecule has 0 atom stereocenters. The maximum Gasteiger partial charge on any atom is 0.308 e. The quantitative estimate of drug-likeness (QED) is 0.373. The van der Waals surface area contributed by atoms with Crippen molar-refractivity contribution >= 4 is 11.8 Å². The first-order valence-corrected chi connectivity index (χ1v) is 8.22. The second-order valence-electron chi connectivity index (χ2n) is 5.69. The molecule has 4 nitrogen and oxygen atoms in total. The molecule has 0 unspecified atom stereocenters. The highest BCUT2D eigenvalue weighted by Gasteiger charge is 2.10. The van der Waals surface area contributed by atoms with Crippen LogP contribution in [0.1, 0.15) is 17.3 Å². The summed E-state index contributed by atoms with van der Waals surface area (Å²) in [6, 6.07) is 23.9. The Morgan fingerprint density at radius 1 is 0.808 bits per heavy atom. The van der Waals surface area contributed by atoms with E-state index in [9.17, 15) is 9.59 Å². The number of rotatable bonds is 6. The summed E-state index contributed by atoms with van der Waals surface area (Å²) < 4.78 is 10.7. The minimum atomic E-state index is -0.398. The Bertz CT molecular complexity index is 899. The molecule has 0 aromatic heterocycles. The number of carbonyl (C=O) groups excluding carboxylic acids is 2. The van der Waals surface area contributed by atoms with Crippen molar-refractivity contribution < 1.29 is 19.1 Å². The molecule has 130 valence electrons. The average molecular weight is 346 g/mol. The van der Waals surface area contributed by atoms with Crippen molar-refractivity contribution in [2.24, 2.45) is 0 Å². The molecule has 0 bridgehead atoms. The van der Waals surface area contributed by atoms with E-state index in [1.54, 1.807) is 24.3 Å². The fourth-order valence-corrected chi connectivity index (χ4v) is 2.55. The first-order valence-electron chi connectivity index (χ1n) is 8.22. The van der Waals surface area contributed by atoms with E-state index >= 15 is 0 Å². The Balaban J connectivity index is 1.70. The molecule has 0 spiro atoms. The van der Waals surface area contributed by atoms with Crippen LogP contribution >= 0.6 is 0 Å². The van der Waals surface area contributed by atoms with Crippen LogP contribution in [-0.4, -0.2) is 18.4 Å². The van der Waals surface area contributed by atoms with Crippen molar-refractivity contribution in [3.8, 4) is 22.6 Å². The number of carbonyl (C=O) groups is 2. The predicted octanol–water partition coefficient (Wildman–Crippen LogP) is 4.54. The van der Waals surface area contributed by atoms with Crippen molar-refractivity contribution in [1.29, 1.82) is 0 Å². The molecule has 26 heavy (non-hydrogen) atoms. The first-order chi connectivity index (χ1) is 12.6. The number of para-hydroxylation sites is 1. The zero-order chi connectivity index (χ0) is 18.4. The number of esters is 1. The molecular formula is C22H18O4. The molecule has 0 aliphatic heterocycles. The maximum absolute atomic E-state index is 12.4. The van der Waals surface area contributed by atoms with Gasteiger partial charge in [-0.15, -0.1) is 0 Å². The molecule has 0 amide bonds. The van der Waals surface area contributed by atoms with E-state index in [1.165, 1.54) is 6.92 Å². The lowest BCUT2D eigenvalue weighted by molar-refractivity contribution is -0.131. The van der Waals surface area contributed by atoms with E-state index in [1.807, 2.05) is 54.6 Å². The van der Waals surface area contributed by atoms with Crippen LogP contribution in [0, 0.1) is 0 Å². The van der Waals surface area contributed by atoms with Gasteiger partial charge in [-0.05, 0) is 35.9 Å². The normalized spacial score (nSPS) is 10.2. The zero-order valence-corrected chi connectivity index (χ0v) is 14.3. The minimum absolute atomic E-state index is 0.0727. The second kappa shape index (κ2) is 8.12. The Hall–Kier alpha value is -3.40. The standard InChI is InChI=1S/C22H18O4/c1-16(23)26-19-13-11-18(12-14-19)21(24)15-25-22-10-6-5-9-20(22)17-7-3-2-4-8-17/h2-14H,15H2,1H3. The third-order valence-corrected chi connectivity index (χ3v) is 3.77. The number of Topliss-reactive ketones (excluding diaryl/α,β-unsaturated/α-hetero) is 1. The SMILES string of the molecule is CC(=O)Oc1ccc(C(=O)COc2ccccc2-c2ccccc2)cc1. The molecule has 3 rings (SSSR count). The van der Waals surface area contributed by atoms with Crippen LogP contribution in [0.5, 0.6) is 11.5 Å². The van der Waals surface area contributed by atoms with Crippen LogP contribution in [0.2, 0.25) is 0 Å². The molecule has 3 aromatic rings. The van der Waals surface area contributed by atoms with Gasteiger partial charge in [0.2, 0.25) is 0 Å². The number of hydrogen-bond acceptors (Lipinski definition) is 4. The van der Waals surface area contributed by atoms with E-state index < -0.39 is 5.97 Å². The van der Waals surface area contributed by atoms with Gasteiger partial charge in [0, 0.05) is 18.1 Å². The highest BCUT2D eigenvalue weighted by molar-refractivity contribution is 5.97. The maximum atomic E-state index is 12.4. The average Bonchev–Trinajstić information content (AvgIpc) is 2.67. The molecule has 0 saturated heterocycles. The lowest BCUT2D eigenvalue weighted by Gasteiger charge is -2.11. The van der Waals surface area contributed by atoms with Gasteiger partial charge in [0.25, 0.3) is 0 Å². The van der Waals surface area contributed by atoms with Gasteiger partial charge in [-0.2, -0.15) is 0 Å². The Morgan fingerprint density at radius 3 is 2.15 bits per heavy atom. The van der Waals surface area contributed by atoms with E-state index in [-0.39, 0.29) is 12.4 Å². The summed E-state index contributed by atoms with van der Waals surface area (Å²) in [6.45, 7) is 1.26. The summed E-state index contributed by atoms with van der Waals surface area (Å²) in [5.41, 5.74) is 2.46. The van der Waals surface area contributed by atoms with Gasteiger partial charge in [-0.25, -0.2) is 0 Å². The molecule has 4 heteroatoms. The van der Waals surface area contributed by atoms with Crippen LogP contribution in [0.3, 0.4) is 0 Å². The molecule has 0 N–H and O–H groups in total. The van der Waals surface area contributed by atoms with Crippen molar-refractivity contribution in [2.45, 2.75) is 6.92 Å². The Labute approximate surface area is 152 Å². The highest BCUT2D eigenvalue weighted by Crippen LogP contribution is 2.29. The Morgan fingerprint density at radius 2 is 1.46 bits per heavy atom. The summed E-state index contributed by atoms with van der Waals surface area (Å²) in [5.74, 6) is 0.514. The molecule has 0 aliphatic carbocycles. The first kappa shape index (κ1) is 17.4. The monoisotopic (exact) mass is 346 g/mol. The van der Waals surface area contributed by atoms with Gasteiger partial charge in [0.1, 0.15) is 11.5 Å². The topological polar surface area (TPSA) is 52.6 Å². The molecule has 0 fully saturated rings. The molecule has 0 aliphatic rings. The van der Waals surface area contributed by atoms with Crippen molar-refractivity contribution in [3.63, 3.8) is 0 Å². The van der Waals surface area contributed by atoms with E-state index in [0.29, 0.717) is 17.1 Å². The van der Waals surface area contributed by atoms with Crippen molar-refractivity contribution in [1.82, 2.24) is 0 Å². The lowest BCUT2D eigenvalue weighted by atomic mass is 10.0. The fraction of sp³-hybridized carbons (Fsp3) is 0.0909. The fourth-order valence-electron chi connectivity index (χ4n) is 2.55. The van der Waals surface area contributed by atoms with Crippen LogP contribution < -0.4 is 9.47 Å². The van der Waals surface area contributed by atoms with Crippen LogP contribution in [0.15, 0.2) is 78.9 Å². The lowest BCUT2D eigenvalue weighted by Crippen LogP contribution is -2.12. The number of benzene rings is 3. The summed E-state index contributed by atoms with van der Waals surface area (Å²) >= 11 is 0. The van der Waals surface area contributed by atoms with Gasteiger partial charge < -0.3 is 9.47 Å². The Kier molecular flexibility index (Phi) is 5.44. The minimum Gasteiger partial charge on any atom is -0.485 e. The molecule has 0 heterocycles. The number of ether oxygens (including phenoxy) is 2.